The van der Waals surface area contributed by atoms with Crippen LogP contribution in [0.3, 0.4) is 0 Å². The van der Waals surface area contributed by atoms with E-state index in [4.69, 9.17) is 30.5 Å². The Kier molecular flexibility index (Phi) is 7.82. The van der Waals surface area contributed by atoms with Crippen molar-refractivity contribution in [2.75, 3.05) is 39.9 Å². The SMILES string of the molecule is COc1ccc(C(=O)CN2C(=O)N(c3cccc(Cl)c3)C(=O)C3CC(OC)C(OC)CC32)cc1OC. The van der Waals surface area contributed by atoms with Gasteiger partial charge in [0.05, 0.1) is 44.6 Å². The molecule has 2 aliphatic rings. The van der Waals surface area contributed by atoms with Crippen LogP contribution in [0, 0.1) is 5.92 Å². The molecule has 9 nitrogen and oxygen atoms in total. The zero-order valence-corrected chi connectivity index (χ0v) is 21.4. The van der Waals surface area contributed by atoms with Crippen molar-refractivity contribution < 1.29 is 33.3 Å². The van der Waals surface area contributed by atoms with Gasteiger partial charge in [-0.3, -0.25) is 9.59 Å². The van der Waals surface area contributed by atoms with Crippen molar-refractivity contribution in [1.29, 1.82) is 0 Å². The number of hydrogen-bond donors (Lipinski definition) is 0. The molecule has 0 aromatic heterocycles. The second-order valence-electron chi connectivity index (χ2n) is 8.75. The average molecular weight is 517 g/mol. The molecule has 1 saturated heterocycles. The first kappa shape index (κ1) is 25.9. The van der Waals surface area contributed by atoms with Crippen LogP contribution in [0.1, 0.15) is 23.2 Å². The van der Waals surface area contributed by atoms with Crippen LogP contribution >= 0.6 is 11.6 Å². The first-order chi connectivity index (χ1) is 17.3. The van der Waals surface area contributed by atoms with Gasteiger partial charge in [0.1, 0.15) is 0 Å². The van der Waals surface area contributed by atoms with E-state index in [9.17, 15) is 14.4 Å². The molecule has 1 aliphatic carbocycles. The number of anilines is 1. The van der Waals surface area contributed by atoms with Gasteiger partial charge >= 0.3 is 6.03 Å². The molecule has 0 radical (unpaired) electrons. The summed E-state index contributed by atoms with van der Waals surface area (Å²) in [5, 5.41) is 0.390. The number of ether oxygens (including phenoxy) is 4. The van der Waals surface area contributed by atoms with Crippen molar-refractivity contribution in [1.82, 2.24) is 4.90 Å². The van der Waals surface area contributed by atoms with Crippen molar-refractivity contribution >= 4 is 35.0 Å². The average Bonchev–Trinajstić information content (AvgIpc) is 2.89. The van der Waals surface area contributed by atoms with Gasteiger partial charge in [-0.05, 0) is 49.2 Å². The molecule has 0 spiro atoms. The van der Waals surface area contributed by atoms with E-state index < -0.39 is 18.0 Å². The summed E-state index contributed by atoms with van der Waals surface area (Å²) in [4.78, 5) is 43.3. The zero-order chi connectivity index (χ0) is 26.0. The van der Waals surface area contributed by atoms with Gasteiger partial charge in [0.25, 0.3) is 0 Å². The van der Waals surface area contributed by atoms with Crippen LogP contribution in [0.4, 0.5) is 10.5 Å². The van der Waals surface area contributed by atoms with Gasteiger partial charge in [0.2, 0.25) is 5.91 Å². The lowest BCUT2D eigenvalue weighted by Gasteiger charge is -2.49. The Bertz CT molecular complexity index is 1160. The second-order valence-corrected chi connectivity index (χ2v) is 9.19. The minimum absolute atomic E-state index is 0.228. The molecule has 1 saturated carbocycles. The first-order valence-electron chi connectivity index (χ1n) is 11.5. The number of methoxy groups -OCH3 is 4. The molecule has 4 unspecified atom stereocenters. The van der Waals surface area contributed by atoms with Crippen LogP contribution in [-0.2, 0) is 14.3 Å². The lowest BCUT2D eigenvalue weighted by Crippen LogP contribution is -2.66. The number of rotatable bonds is 8. The van der Waals surface area contributed by atoms with Crippen LogP contribution in [0.5, 0.6) is 11.5 Å². The standard InChI is InChI=1S/C26H29ClN2O7/c1-33-21-9-8-15(10-22(21)34-2)20(30)14-28-19-13-24(36-4)23(35-3)12-18(19)25(31)29(26(28)32)17-7-5-6-16(27)11-17/h5-11,18-19,23-24H,12-14H2,1-4H3. The van der Waals surface area contributed by atoms with E-state index in [1.54, 1.807) is 56.7 Å². The molecular weight excluding hydrogens is 488 g/mol. The third kappa shape index (κ3) is 4.78. The Balaban J connectivity index is 1.71. The maximum Gasteiger partial charge on any atom is 0.332 e. The molecule has 10 heteroatoms. The fourth-order valence-corrected chi connectivity index (χ4v) is 5.23. The lowest BCUT2D eigenvalue weighted by molar-refractivity contribution is -0.137. The summed E-state index contributed by atoms with van der Waals surface area (Å²) in [5.41, 5.74) is 0.708. The van der Waals surface area contributed by atoms with Gasteiger partial charge in [-0.15, -0.1) is 0 Å². The molecule has 2 aromatic rings. The van der Waals surface area contributed by atoms with Crippen LogP contribution < -0.4 is 14.4 Å². The fraction of sp³-hybridized carbons (Fsp3) is 0.423. The molecule has 0 bridgehead atoms. The van der Waals surface area contributed by atoms with Crippen LogP contribution in [0.15, 0.2) is 42.5 Å². The Morgan fingerprint density at radius 3 is 2.28 bits per heavy atom. The van der Waals surface area contributed by atoms with Gasteiger partial charge in [-0.2, -0.15) is 0 Å². The smallest absolute Gasteiger partial charge is 0.332 e. The van der Waals surface area contributed by atoms with Gasteiger partial charge < -0.3 is 23.8 Å². The van der Waals surface area contributed by atoms with Crippen molar-refractivity contribution in [3.05, 3.63) is 53.1 Å². The van der Waals surface area contributed by atoms with E-state index in [2.05, 4.69) is 0 Å². The molecule has 192 valence electrons. The minimum Gasteiger partial charge on any atom is -0.493 e. The largest absolute Gasteiger partial charge is 0.493 e. The number of urea groups is 1. The summed E-state index contributed by atoms with van der Waals surface area (Å²) < 4.78 is 21.8. The number of nitrogens with zero attached hydrogens (tertiary/aromatic N) is 2. The predicted molar refractivity (Wildman–Crippen MR) is 133 cm³/mol. The topological polar surface area (TPSA) is 94.6 Å². The molecule has 2 fully saturated rings. The normalized spacial score (nSPS) is 23.9. The Hall–Kier alpha value is -3.14. The van der Waals surface area contributed by atoms with E-state index >= 15 is 0 Å². The molecule has 36 heavy (non-hydrogen) atoms. The number of carbonyl (C=O) groups is 3. The number of fused-ring (bicyclic) bond motifs is 1. The summed E-state index contributed by atoms with van der Waals surface area (Å²) in [7, 11) is 6.14. The molecule has 1 heterocycles. The van der Waals surface area contributed by atoms with Gasteiger partial charge in [-0.25, -0.2) is 9.69 Å². The number of imide groups is 1. The Morgan fingerprint density at radius 2 is 1.64 bits per heavy atom. The molecular formula is C26H29ClN2O7. The number of ketones is 1. The summed E-state index contributed by atoms with van der Waals surface area (Å²) in [6.45, 7) is -0.228. The second kappa shape index (κ2) is 10.9. The first-order valence-corrected chi connectivity index (χ1v) is 11.9. The van der Waals surface area contributed by atoms with Crippen LogP contribution in [0.25, 0.3) is 0 Å². The van der Waals surface area contributed by atoms with E-state index in [0.717, 1.165) is 4.90 Å². The molecule has 4 rings (SSSR count). The number of halogens is 1. The van der Waals surface area contributed by atoms with Crippen molar-refractivity contribution in [2.24, 2.45) is 5.92 Å². The highest BCUT2D eigenvalue weighted by atomic mass is 35.5. The fourth-order valence-electron chi connectivity index (χ4n) is 5.04. The number of benzene rings is 2. The van der Waals surface area contributed by atoms with Crippen LogP contribution in [-0.4, -0.2) is 75.9 Å². The number of Topliss-reactive ketones (excluding diaryl/α,β-unsaturated/α-hetero) is 1. The van der Waals surface area contributed by atoms with Crippen molar-refractivity contribution in [3.63, 3.8) is 0 Å². The van der Waals surface area contributed by atoms with Gasteiger partial charge in [0.15, 0.2) is 17.3 Å². The third-order valence-electron chi connectivity index (χ3n) is 6.91. The Morgan fingerprint density at radius 1 is 0.944 bits per heavy atom. The zero-order valence-electron chi connectivity index (χ0n) is 20.6. The summed E-state index contributed by atoms with van der Waals surface area (Å²) in [6.07, 6.45) is 0.0650. The molecule has 0 N–H and O–H groups in total. The van der Waals surface area contributed by atoms with E-state index in [1.165, 1.54) is 19.1 Å². The van der Waals surface area contributed by atoms with Crippen LogP contribution in [0.2, 0.25) is 5.02 Å². The lowest BCUT2D eigenvalue weighted by atomic mass is 9.77. The summed E-state index contributed by atoms with van der Waals surface area (Å²) in [6, 6.07) is 10.3. The van der Waals surface area contributed by atoms with Crippen molar-refractivity contribution in [3.8, 4) is 11.5 Å². The number of hydrogen-bond acceptors (Lipinski definition) is 7. The molecule has 2 aromatic carbocycles. The maximum atomic E-state index is 13.8. The quantitative estimate of drug-likeness (QED) is 0.492. The van der Waals surface area contributed by atoms with E-state index in [-0.39, 0.29) is 30.4 Å². The highest BCUT2D eigenvalue weighted by molar-refractivity contribution is 6.31. The molecule has 4 atom stereocenters. The van der Waals surface area contributed by atoms with Crippen molar-refractivity contribution in [2.45, 2.75) is 31.1 Å². The number of carbonyl (C=O) groups excluding carboxylic acids is 3. The number of amides is 3. The predicted octanol–water partition coefficient (Wildman–Crippen LogP) is 3.82. The van der Waals surface area contributed by atoms with E-state index in [1.807, 2.05) is 0 Å². The minimum atomic E-state index is -0.580. The van der Waals surface area contributed by atoms with Gasteiger partial charge in [-0.1, -0.05) is 17.7 Å². The monoisotopic (exact) mass is 516 g/mol. The molecule has 1 aliphatic heterocycles. The summed E-state index contributed by atoms with van der Waals surface area (Å²) >= 11 is 6.16. The maximum absolute atomic E-state index is 13.8. The third-order valence-corrected chi connectivity index (χ3v) is 7.14. The highest BCUT2D eigenvalue weighted by Crippen LogP contribution is 2.39. The highest BCUT2D eigenvalue weighted by Gasteiger charge is 2.52. The molecule has 3 amide bonds. The Labute approximate surface area is 214 Å². The van der Waals surface area contributed by atoms with Gasteiger partial charge in [0, 0.05) is 30.8 Å². The summed E-state index contributed by atoms with van der Waals surface area (Å²) in [5.74, 6) is -0.329. The van der Waals surface area contributed by atoms with E-state index in [0.29, 0.717) is 40.6 Å².